The molecule has 1 atom stereocenters. The van der Waals surface area contributed by atoms with Crippen LogP contribution < -0.4 is 14.5 Å². The van der Waals surface area contributed by atoms with E-state index >= 15 is 0 Å². The Morgan fingerprint density at radius 3 is 2.39 bits per heavy atom. The van der Waals surface area contributed by atoms with Crippen LogP contribution >= 0.6 is 11.8 Å². The van der Waals surface area contributed by atoms with Crippen LogP contribution in [-0.4, -0.2) is 24.7 Å². The molecule has 0 aromatic heterocycles. The van der Waals surface area contributed by atoms with Crippen LogP contribution in [0.25, 0.3) is 0 Å². The SMILES string of the molecule is COc1ccc(N2C(=O)CS[C@]23C(=O)N(Cc2ccc(C)cc2)c2ccccc23)cc1. The lowest BCUT2D eigenvalue weighted by Crippen LogP contribution is -2.49. The number of ether oxygens (including phenoxy) is 1. The molecule has 0 bridgehead atoms. The highest BCUT2D eigenvalue weighted by Gasteiger charge is 2.60. The number of hydrogen-bond acceptors (Lipinski definition) is 4. The molecule has 2 aliphatic heterocycles. The highest BCUT2D eigenvalue weighted by molar-refractivity contribution is 8.02. The molecule has 31 heavy (non-hydrogen) atoms. The second-order valence-electron chi connectivity index (χ2n) is 7.75. The van der Waals surface area contributed by atoms with Gasteiger partial charge in [0.15, 0.2) is 0 Å². The van der Waals surface area contributed by atoms with Crippen LogP contribution in [0.5, 0.6) is 5.75 Å². The monoisotopic (exact) mass is 430 g/mol. The van der Waals surface area contributed by atoms with Crippen molar-refractivity contribution in [1.82, 2.24) is 0 Å². The van der Waals surface area contributed by atoms with Gasteiger partial charge in [-0.15, -0.1) is 11.8 Å². The van der Waals surface area contributed by atoms with Crippen LogP contribution in [0.3, 0.4) is 0 Å². The summed E-state index contributed by atoms with van der Waals surface area (Å²) in [6.45, 7) is 2.51. The summed E-state index contributed by atoms with van der Waals surface area (Å²) in [6.07, 6.45) is 0. The number of carbonyl (C=O) groups excluding carboxylic acids is 2. The summed E-state index contributed by atoms with van der Waals surface area (Å²) in [5.41, 5.74) is 4.64. The third-order valence-corrected chi connectivity index (χ3v) is 7.24. The van der Waals surface area contributed by atoms with Gasteiger partial charge in [-0.25, -0.2) is 0 Å². The molecular weight excluding hydrogens is 408 g/mol. The molecule has 2 heterocycles. The number of hydrogen-bond donors (Lipinski definition) is 0. The molecule has 0 N–H and O–H groups in total. The fourth-order valence-electron chi connectivity index (χ4n) is 4.32. The molecule has 1 saturated heterocycles. The van der Waals surface area contributed by atoms with Gasteiger partial charge in [-0.05, 0) is 42.8 Å². The van der Waals surface area contributed by atoms with Gasteiger partial charge in [-0.3, -0.25) is 14.5 Å². The first kappa shape index (κ1) is 19.7. The number of para-hydroxylation sites is 1. The summed E-state index contributed by atoms with van der Waals surface area (Å²) in [5.74, 6) is 0.803. The van der Waals surface area contributed by atoms with Crippen LogP contribution in [0.1, 0.15) is 16.7 Å². The fourth-order valence-corrected chi connectivity index (χ4v) is 5.68. The Hall–Kier alpha value is -3.25. The Morgan fingerprint density at radius 2 is 1.68 bits per heavy atom. The Morgan fingerprint density at radius 1 is 0.968 bits per heavy atom. The van der Waals surface area contributed by atoms with Crippen molar-refractivity contribution in [3.8, 4) is 5.75 Å². The third-order valence-electron chi connectivity index (χ3n) is 5.86. The minimum Gasteiger partial charge on any atom is -0.497 e. The molecule has 0 aliphatic carbocycles. The number of rotatable bonds is 4. The van der Waals surface area contributed by atoms with E-state index in [1.807, 2.05) is 72.5 Å². The van der Waals surface area contributed by atoms with Crippen LogP contribution in [0, 0.1) is 6.92 Å². The van der Waals surface area contributed by atoms with E-state index in [0.29, 0.717) is 18.0 Å². The summed E-state index contributed by atoms with van der Waals surface area (Å²) in [4.78, 5) is 29.4. The Labute approximate surface area is 185 Å². The number of aryl methyl sites for hydroxylation is 1. The van der Waals surface area contributed by atoms with Gasteiger partial charge in [-0.2, -0.15) is 0 Å². The topological polar surface area (TPSA) is 49.9 Å². The lowest BCUT2D eigenvalue weighted by molar-refractivity contribution is -0.123. The molecule has 5 rings (SSSR count). The number of thioether (sulfide) groups is 1. The van der Waals surface area contributed by atoms with Crippen molar-refractivity contribution in [2.24, 2.45) is 0 Å². The van der Waals surface area contributed by atoms with Gasteiger partial charge in [0.05, 0.1) is 25.1 Å². The van der Waals surface area contributed by atoms with E-state index in [-0.39, 0.29) is 17.6 Å². The quantitative estimate of drug-likeness (QED) is 0.612. The van der Waals surface area contributed by atoms with Crippen LogP contribution in [0.15, 0.2) is 72.8 Å². The van der Waals surface area contributed by atoms with Gasteiger partial charge in [0, 0.05) is 11.3 Å². The predicted molar refractivity (Wildman–Crippen MR) is 123 cm³/mol. The average Bonchev–Trinajstić information content (AvgIpc) is 3.26. The highest BCUT2D eigenvalue weighted by atomic mass is 32.2. The van der Waals surface area contributed by atoms with E-state index in [1.54, 1.807) is 12.0 Å². The number of nitrogens with zero attached hydrogens (tertiary/aromatic N) is 2. The zero-order chi connectivity index (χ0) is 21.6. The molecule has 0 unspecified atom stereocenters. The number of carbonyl (C=O) groups is 2. The molecule has 1 fully saturated rings. The van der Waals surface area contributed by atoms with Crippen molar-refractivity contribution in [3.05, 3.63) is 89.5 Å². The van der Waals surface area contributed by atoms with Gasteiger partial charge >= 0.3 is 0 Å². The number of anilines is 2. The number of fused-ring (bicyclic) bond motifs is 2. The van der Waals surface area contributed by atoms with Crippen LogP contribution in [-0.2, 0) is 21.0 Å². The Kier molecular flexibility index (Phi) is 4.74. The molecule has 3 aromatic carbocycles. The largest absolute Gasteiger partial charge is 0.497 e. The number of benzene rings is 3. The fraction of sp³-hybridized carbons (Fsp3) is 0.200. The molecule has 0 radical (unpaired) electrons. The first-order valence-electron chi connectivity index (χ1n) is 10.1. The van der Waals surface area contributed by atoms with Gasteiger partial charge in [0.1, 0.15) is 5.75 Å². The molecule has 1 spiro atoms. The summed E-state index contributed by atoms with van der Waals surface area (Å²) in [7, 11) is 1.60. The van der Waals surface area contributed by atoms with Gasteiger partial charge in [-0.1, -0.05) is 48.0 Å². The van der Waals surface area contributed by atoms with Gasteiger partial charge < -0.3 is 9.64 Å². The predicted octanol–water partition coefficient (Wildman–Crippen LogP) is 4.48. The van der Waals surface area contributed by atoms with Crippen LogP contribution in [0.2, 0.25) is 0 Å². The summed E-state index contributed by atoms with van der Waals surface area (Å²) < 4.78 is 5.26. The standard InChI is InChI=1S/C25H22N2O3S/c1-17-7-9-18(10-8-17)15-26-22-6-4-3-5-21(22)25(24(26)29)27(23(28)16-31-25)19-11-13-20(30-2)14-12-19/h3-14H,15-16H2,1-2H3/t25-/m1/s1. The first-order valence-corrected chi connectivity index (χ1v) is 11.1. The van der Waals surface area contributed by atoms with Crippen molar-refractivity contribution >= 4 is 35.0 Å². The Bertz CT molecular complexity index is 1160. The van der Waals surface area contributed by atoms with Crippen molar-refractivity contribution in [2.75, 3.05) is 22.7 Å². The summed E-state index contributed by atoms with van der Waals surface area (Å²) in [6, 6.07) is 23.3. The molecule has 3 aromatic rings. The van der Waals surface area contributed by atoms with Crippen molar-refractivity contribution in [2.45, 2.75) is 18.3 Å². The van der Waals surface area contributed by atoms with Gasteiger partial charge in [0.2, 0.25) is 10.8 Å². The third kappa shape index (κ3) is 3.01. The highest BCUT2D eigenvalue weighted by Crippen LogP contribution is 2.56. The first-order chi connectivity index (χ1) is 15.0. The van der Waals surface area contributed by atoms with E-state index in [0.717, 1.165) is 16.8 Å². The molecule has 2 aliphatic rings. The maximum atomic E-state index is 14.0. The van der Waals surface area contributed by atoms with E-state index in [2.05, 4.69) is 12.1 Å². The second kappa shape index (κ2) is 7.46. The van der Waals surface area contributed by atoms with Crippen molar-refractivity contribution in [3.63, 3.8) is 0 Å². The normalized spacial score (nSPS) is 19.9. The maximum Gasteiger partial charge on any atom is 0.269 e. The molecular formula is C25H22N2O3S. The lowest BCUT2D eigenvalue weighted by Gasteiger charge is -2.33. The second-order valence-corrected chi connectivity index (χ2v) is 8.92. The zero-order valence-electron chi connectivity index (χ0n) is 17.4. The summed E-state index contributed by atoms with van der Waals surface area (Å²) >= 11 is 1.39. The van der Waals surface area contributed by atoms with Crippen molar-refractivity contribution < 1.29 is 14.3 Å². The van der Waals surface area contributed by atoms with E-state index in [4.69, 9.17) is 4.74 Å². The zero-order valence-corrected chi connectivity index (χ0v) is 18.2. The lowest BCUT2D eigenvalue weighted by atomic mass is 10.0. The molecule has 156 valence electrons. The smallest absolute Gasteiger partial charge is 0.269 e. The molecule has 0 saturated carbocycles. The van der Waals surface area contributed by atoms with Crippen LogP contribution in [0.4, 0.5) is 11.4 Å². The van der Waals surface area contributed by atoms with E-state index in [9.17, 15) is 9.59 Å². The maximum absolute atomic E-state index is 14.0. The molecule has 2 amide bonds. The summed E-state index contributed by atoms with van der Waals surface area (Å²) in [5, 5.41) is 0. The van der Waals surface area contributed by atoms with E-state index in [1.165, 1.54) is 17.3 Å². The van der Waals surface area contributed by atoms with E-state index < -0.39 is 4.87 Å². The minimum atomic E-state index is -1.09. The number of methoxy groups -OCH3 is 1. The van der Waals surface area contributed by atoms with Gasteiger partial charge in [0.25, 0.3) is 5.91 Å². The average molecular weight is 431 g/mol. The molecule has 5 nitrogen and oxygen atoms in total. The number of amides is 2. The minimum absolute atomic E-state index is 0.0736. The Balaban J connectivity index is 1.61. The molecule has 6 heteroatoms. The van der Waals surface area contributed by atoms with Crippen molar-refractivity contribution in [1.29, 1.82) is 0 Å².